The average molecular weight is 375 g/mol. The van der Waals surface area contributed by atoms with Gasteiger partial charge in [0.15, 0.2) is 5.69 Å². The van der Waals surface area contributed by atoms with Crippen molar-refractivity contribution in [1.82, 2.24) is 0 Å². The minimum atomic E-state index is -3.78. The summed E-state index contributed by atoms with van der Waals surface area (Å²) >= 11 is 0. The molecular weight excluding hydrogens is 358 g/mol. The Morgan fingerprint density at radius 2 is 1.81 bits per heavy atom. The molecule has 3 aromatic rings. The molecular formula is C21H17N3O2S. The van der Waals surface area contributed by atoms with Gasteiger partial charge in [0.05, 0.1) is 22.8 Å². The zero-order valence-corrected chi connectivity index (χ0v) is 15.3. The molecule has 0 aromatic heterocycles. The fourth-order valence-corrected chi connectivity index (χ4v) is 4.43. The molecule has 2 N–H and O–H groups in total. The normalized spacial score (nSPS) is 12.7. The molecule has 0 amide bonds. The lowest BCUT2D eigenvalue weighted by Gasteiger charge is -2.15. The van der Waals surface area contributed by atoms with Crippen LogP contribution in [0.4, 0.5) is 17.1 Å². The van der Waals surface area contributed by atoms with E-state index in [0.29, 0.717) is 11.4 Å². The standard InChI is InChI=1S/C21H17N3O2S/c1-22-16-8-5-9-17(14-16)27(25,26)24-20-11-10-18(15-6-3-2-4-7-15)19-12-13-23-21(19)20/h2-11,14,23-24H,12-13H2. The molecule has 0 saturated heterocycles. The first kappa shape index (κ1) is 17.1. The quantitative estimate of drug-likeness (QED) is 0.651. The summed E-state index contributed by atoms with van der Waals surface area (Å²) in [6.45, 7) is 7.84. The van der Waals surface area contributed by atoms with E-state index in [-0.39, 0.29) is 4.90 Å². The van der Waals surface area contributed by atoms with E-state index in [0.717, 1.165) is 35.3 Å². The molecule has 1 aliphatic rings. The molecule has 0 atom stereocenters. The third-order valence-corrected chi connectivity index (χ3v) is 5.94. The van der Waals surface area contributed by atoms with E-state index in [1.165, 1.54) is 12.1 Å². The van der Waals surface area contributed by atoms with Crippen molar-refractivity contribution < 1.29 is 8.42 Å². The molecule has 3 aromatic carbocycles. The molecule has 0 fully saturated rings. The van der Waals surface area contributed by atoms with E-state index in [9.17, 15) is 8.42 Å². The highest BCUT2D eigenvalue weighted by molar-refractivity contribution is 7.92. The Labute approximate surface area is 158 Å². The van der Waals surface area contributed by atoms with Crippen LogP contribution in [0.1, 0.15) is 5.56 Å². The van der Waals surface area contributed by atoms with Crippen LogP contribution < -0.4 is 10.0 Å². The molecule has 6 heteroatoms. The van der Waals surface area contributed by atoms with Gasteiger partial charge in [-0.15, -0.1) is 0 Å². The summed E-state index contributed by atoms with van der Waals surface area (Å²) in [7, 11) is -3.78. The maximum atomic E-state index is 12.8. The second kappa shape index (κ2) is 6.78. The number of rotatable bonds is 4. The Hall–Kier alpha value is -3.30. The van der Waals surface area contributed by atoms with Gasteiger partial charge in [-0.1, -0.05) is 48.5 Å². The van der Waals surface area contributed by atoms with Gasteiger partial charge < -0.3 is 5.32 Å². The Balaban J connectivity index is 1.73. The van der Waals surface area contributed by atoms with E-state index in [1.807, 2.05) is 36.4 Å². The number of hydrogen-bond acceptors (Lipinski definition) is 3. The van der Waals surface area contributed by atoms with Gasteiger partial charge >= 0.3 is 0 Å². The predicted molar refractivity (Wildman–Crippen MR) is 108 cm³/mol. The molecule has 0 spiro atoms. The molecule has 0 radical (unpaired) electrons. The SMILES string of the molecule is [C-]#[N+]c1cccc(S(=O)(=O)Nc2ccc(-c3ccccc3)c3c2NCC3)c1. The van der Waals surface area contributed by atoms with Crippen molar-refractivity contribution in [1.29, 1.82) is 0 Å². The monoisotopic (exact) mass is 375 g/mol. The van der Waals surface area contributed by atoms with E-state index in [4.69, 9.17) is 6.57 Å². The summed E-state index contributed by atoms with van der Waals surface area (Å²) < 4.78 is 28.2. The van der Waals surface area contributed by atoms with Crippen LogP contribution >= 0.6 is 0 Å². The zero-order chi connectivity index (χ0) is 18.9. The lowest BCUT2D eigenvalue weighted by molar-refractivity contribution is 0.601. The van der Waals surface area contributed by atoms with Gasteiger partial charge in [0, 0.05) is 6.54 Å². The lowest BCUT2D eigenvalue weighted by Crippen LogP contribution is -2.14. The Bertz CT molecular complexity index is 1150. The van der Waals surface area contributed by atoms with Crippen molar-refractivity contribution in [2.24, 2.45) is 0 Å². The van der Waals surface area contributed by atoms with Gasteiger partial charge in [-0.3, -0.25) is 4.72 Å². The highest BCUT2D eigenvalue weighted by Crippen LogP contribution is 2.39. The van der Waals surface area contributed by atoms with Crippen molar-refractivity contribution in [2.75, 3.05) is 16.6 Å². The predicted octanol–water partition coefficient (Wildman–Crippen LogP) is 4.67. The molecule has 0 bridgehead atoms. The van der Waals surface area contributed by atoms with Crippen molar-refractivity contribution in [3.05, 3.63) is 83.7 Å². The average Bonchev–Trinajstić information content (AvgIpc) is 3.19. The third-order valence-electron chi connectivity index (χ3n) is 4.58. The van der Waals surface area contributed by atoms with Crippen molar-refractivity contribution in [3.8, 4) is 11.1 Å². The van der Waals surface area contributed by atoms with Crippen LogP contribution in [-0.2, 0) is 16.4 Å². The highest BCUT2D eigenvalue weighted by atomic mass is 32.2. The Morgan fingerprint density at radius 3 is 2.59 bits per heavy atom. The number of nitrogens with zero attached hydrogens (tertiary/aromatic N) is 1. The Morgan fingerprint density at radius 1 is 1.00 bits per heavy atom. The smallest absolute Gasteiger partial charge is 0.260 e. The maximum Gasteiger partial charge on any atom is 0.260 e. The zero-order valence-electron chi connectivity index (χ0n) is 14.4. The van der Waals surface area contributed by atoms with Crippen LogP contribution in [0.5, 0.6) is 0 Å². The molecule has 1 aliphatic heterocycles. The first-order chi connectivity index (χ1) is 13.1. The molecule has 0 aliphatic carbocycles. The summed E-state index contributed by atoms with van der Waals surface area (Å²) in [5.41, 5.74) is 4.96. The number of nitrogens with one attached hydrogen (secondary N) is 2. The van der Waals surface area contributed by atoms with Crippen LogP contribution in [0.3, 0.4) is 0 Å². The number of sulfonamides is 1. The molecule has 0 saturated carbocycles. The minimum Gasteiger partial charge on any atom is -0.383 e. The third kappa shape index (κ3) is 3.25. The Kier molecular flexibility index (Phi) is 4.30. The number of benzene rings is 3. The van der Waals surface area contributed by atoms with Gasteiger partial charge in [-0.05, 0) is 41.3 Å². The molecule has 134 valence electrons. The van der Waals surface area contributed by atoms with E-state index in [1.54, 1.807) is 18.2 Å². The molecule has 4 rings (SSSR count). The van der Waals surface area contributed by atoms with Gasteiger partial charge in [0.2, 0.25) is 0 Å². The number of hydrogen-bond donors (Lipinski definition) is 2. The van der Waals surface area contributed by atoms with Crippen LogP contribution in [0, 0.1) is 6.57 Å². The van der Waals surface area contributed by atoms with Crippen LogP contribution in [0.2, 0.25) is 0 Å². The highest BCUT2D eigenvalue weighted by Gasteiger charge is 2.22. The van der Waals surface area contributed by atoms with Crippen LogP contribution in [0.25, 0.3) is 16.0 Å². The van der Waals surface area contributed by atoms with E-state index < -0.39 is 10.0 Å². The van der Waals surface area contributed by atoms with E-state index >= 15 is 0 Å². The summed E-state index contributed by atoms with van der Waals surface area (Å²) in [6.07, 6.45) is 0.836. The summed E-state index contributed by atoms with van der Waals surface area (Å²) in [5.74, 6) is 0. The van der Waals surface area contributed by atoms with Crippen LogP contribution in [-0.4, -0.2) is 15.0 Å². The number of anilines is 2. The lowest BCUT2D eigenvalue weighted by atomic mass is 9.97. The second-order valence-corrected chi connectivity index (χ2v) is 7.95. The van der Waals surface area contributed by atoms with Crippen molar-refractivity contribution >= 4 is 27.1 Å². The summed E-state index contributed by atoms with van der Waals surface area (Å²) in [4.78, 5) is 3.38. The minimum absolute atomic E-state index is 0.0786. The maximum absolute atomic E-state index is 12.8. The van der Waals surface area contributed by atoms with Gasteiger partial charge in [-0.2, -0.15) is 0 Å². The van der Waals surface area contributed by atoms with Gasteiger partial charge in [0.25, 0.3) is 10.0 Å². The molecule has 0 unspecified atom stereocenters. The topological polar surface area (TPSA) is 62.6 Å². The first-order valence-electron chi connectivity index (χ1n) is 8.54. The second-order valence-electron chi connectivity index (χ2n) is 6.27. The van der Waals surface area contributed by atoms with Gasteiger partial charge in [0.1, 0.15) is 0 Å². The fourth-order valence-electron chi connectivity index (χ4n) is 3.32. The largest absolute Gasteiger partial charge is 0.383 e. The van der Waals surface area contributed by atoms with Gasteiger partial charge in [-0.25, -0.2) is 13.3 Å². The molecule has 27 heavy (non-hydrogen) atoms. The fraction of sp³-hybridized carbons (Fsp3) is 0.0952. The summed E-state index contributed by atoms with van der Waals surface area (Å²) in [5, 5.41) is 3.30. The summed E-state index contributed by atoms with van der Waals surface area (Å²) in [6, 6.07) is 19.8. The van der Waals surface area contributed by atoms with E-state index in [2.05, 4.69) is 14.9 Å². The van der Waals surface area contributed by atoms with Crippen molar-refractivity contribution in [2.45, 2.75) is 11.3 Å². The van der Waals surface area contributed by atoms with Crippen LogP contribution in [0.15, 0.2) is 71.6 Å². The molecule has 5 nitrogen and oxygen atoms in total. The number of fused-ring (bicyclic) bond motifs is 1. The molecule has 1 heterocycles. The van der Waals surface area contributed by atoms with Crippen molar-refractivity contribution in [3.63, 3.8) is 0 Å². The first-order valence-corrected chi connectivity index (χ1v) is 10.0.